The summed E-state index contributed by atoms with van der Waals surface area (Å²) in [6.07, 6.45) is -0.745. The number of hydrogen-bond donors (Lipinski definition) is 2. The van der Waals surface area contributed by atoms with Gasteiger partial charge in [-0.05, 0) is 30.1 Å². The van der Waals surface area contributed by atoms with Gasteiger partial charge in [0, 0.05) is 22.5 Å². The van der Waals surface area contributed by atoms with Crippen LogP contribution >= 0.6 is 35.7 Å². The minimum absolute atomic E-state index is 0.0697. The van der Waals surface area contributed by atoms with Crippen molar-refractivity contribution in [1.29, 1.82) is 0 Å². The minimum atomic E-state index is -0.745. The van der Waals surface area contributed by atoms with Crippen molar-refractivity contribution in [2.45, 2.75) is 11.8 Å². The van der Waals surface area contributed by atoms with Gasteiger partial charge in [0.2, 0.25) is 0 Å². The number of thioether (sulfide) groups is 2. The van der Waals surface area contributed by atoms with Crippen LogP contribution in [0.1, 0.15) is 6.92 Å². The first-order valence-corrected chi connectivity index (χ1v) is 9.17. The zero-order valence-corrected chi connectivity index (χ0v) is 15.1. The van der Waals surface area contributed by atoms with Crippen molar-refractivity contribution in [1.82, 2.24) is 5.32 Å². The fraction of sp³-hybridized carbons (Fsp3) is 0.385. The summed E-state index contributed by atoms with van der Waals surface area (Å²) in [5.74, 6) is 2.92. The topological polar surface area (TPSA) is 93.5 Å². The number of thiocarbonyl (C=S) groups is 1. The Hall–Kier alpha value is -1.52. The number of carbonyl (C=O) groups excluding carboxylic acids is 1. The van der Waals surface area contributed by atoms with Crippen molar-refractivity contribution in [3.05, 3.63) is 28.3 Å². The van der Waals surface area contributed by atoms with E-state index in [1.807, 2.05) is 11.8 Å². The van der Waals surface area contributed by atoms with Crippen molar-refractivity contribution >= 4 is 58.3 Å². The molecule has 1 aromatic rings. The van der Waals surface area contributed by atoms with Crippen molar-refractivity contribution in [3.63, 3.8) is 0 Å². The van der Waals surface area contributed by atoms with E-state index >= 15 is 0 Å². The number of hydrogen-bond acceptors (Lipinski definition) is 7. The van der Waals surface area contributed by atoms with Gasteiger partial charge in [0.25, 0.3) is 5.69 Å². The molecule has 0 spiro atoms. The molecule has 2 N–H and O–H groups in total. The summed E-state index contributed by atoms with van der Waals surface area (Å²) in [6.45, 7) is 2.09. The maximum absolute atomic E-state index is 11.2. The fourth-order valence-electron chi connectivity index (χ4n) is 1.52. The van der Waals surface area contributed by atoms with Gasteiger partial charge in [-0.15, -0.1) is 11.8 Å². The normalized spacial score (nSPS) is 10.0. The summed E-state index contributed by atoms with van der Waals surface area (Å²) < 4.78 is 4.40. The van der Waals surface area contributed by atoms with E-state index in [0.29, 0.717) is 0 Å². The summed E-state index contributed by atoms with van der Waals surface area (Å²) in [6, 6.07) is 4.83. The van der Waals surface area contributed by atoms with Crippen molar-refractivity contribution in [3.8, 4) is 0 Å². The first-order valence-electron chi connectivity index (χ1n) is 6.62. The molecule has 0 aliphatic heterocycles. The molecule has 1 aromatic carbocycles. The Morgan fingerprint density at radius 1 is 1.43 bits per heavy atom. The highest BCUT2D eigenvalue weighted by Crippen LogP contribution is 2.30. The van der Waals surface area contributed by atoms with E-state index < -0.39 is 11.0 Å². The highest BCUT2D eigenvalue weighted by Gasteiger charge is 2.16. The van der Waals surface area contributed by atoms with E-state index in [4.69, 9.17) is 12.2 Å². The molecular weight excluding hydrogens is 358 g/mol. The average Bonchev–Trinajstić information content (AvgIpc) is 2.52. The lowest BCUT2D eigenvalue weighted by Crippen LogP contribution is -2.34. The molecule has 0 heterocycles. The average molecular weight is 375 g/mol. The summed E-state index contributed by atoms with van der Waals surface area (Å²) >= 11 is 8.28. The summed E-state index contributed by atoms with van der Waals surface area (Å²) in [7, 11) is 1.20. The van der Waals surface area contributed by atoms with Crippen LogP contribution in [0.2, 0.25) is 0 Å². The van der Waals surface area contributed by atoms with Crippen molar-refractivity contribution in [2.75, 3.05) is 29.7 Å². The van der Waals surface area contributed by atoms with Gasteiger partial charge < -0.3 is 10.1 Å². The minimum Gasteiger partial charge on any atom is -0.453 e. The lowest BCUT2D eigenvalue weighted by Gasteiger charge is -2.10. The quantitative estimate of drug-likeness (QED) is 0.246. The maximum Gasteiger partial charge on any atom is 0.413 e. The first-order chi connectivity index (χ1) is 11.0. The fourth-order valence-corrected chi connectivity index (χ4v) is 3.40. The van der Waals surface area contributed by atoms with Gasteiger partial charge in [0.05, 0.1) is 12.0 Å². The number of ether oxygens (including phenoxy) is 1. The van der Waals surface area contributed by atoms with Crippen molar-refractivity contribution in [2.24, 2.45) is 0 Å². The summed E-state index contributed by atoms with van der Waals surface area (Å²) in [5.41, 5.74) is 0.107. The molecule has 0 fully saturated rings. The number of nitrogens with one attached hydrogen (secondary N) is 2. The van der Waals surface area contributed by atoms with Crippen molar-refractivity contribution < 1.29 is 14.5 Å². The number of carbonyl (C=O) groups is 1. The Morgan fingerprint density at radius 3 is 2.78 bits per heavy atom. The smallest absolute Gasteiger partial charge is 0.413 e. The van der Waals surface area contributed by atoms with Gasteiger partial charge in [-0.2, -0.15) is 11.8 Å². The number of nitro benzene ring substituents is 1. The van der Waals surface area contributed by atoms with E-state index in [1.165, 1.54) is 13.2 Å². The monoisotopic (exact) mass is 375 g/mol. The number of nitro groups is 1. The van der Waals surface area contributed by atoms with Gasteiger partial charge in [-0.1, -0.05) is 6.92 Å². The molecule has 126 valence electrons. The lowest BCUT2D eigenvalue weighted by molar-refractivity contribution is -0.384. The van der Waals surface area contributed by atoms with Gasteiger partial charge in [0.1, 0.15) is 5.69 Å². The van der Waals surface area contributed by atoms with E-state index in [2.05, 4.69) is 22.3 Å². The molecule has 10 heteroatoms. The molecule has 1 amide bonds. The molecule has 0 aromatic heterocycles. The molecule has 23 heavy (non-hydrogen) atoms. The Labute approximate surface area is 148 Å². The number of anilines is 1. The zero-order chi connectivity index (χ0) is 17.2. The second kappa shape index (κ2) is 10.3. The number of nitrogens with zero attached hydrogens (tertiary/aromatic N) is 1. The molecular formula is C13H17N3O4S3. The second-order valence-corrected chi connectivity index (χ2v) is 7.02. The molecule has 1 rings (SSSR count). The van der Waals surface area contributed by atoms with Gasteiger partial charge in [-0.3, -0.25) is 15.4 Å². The van der Waals surface area contributed by atoms with Crippen LogP contribution in [0, 0.1) is 10.1 Å². The highest BCUT2D eigenvalue weighted by molar-refractivity contribution is 8.02. The molecule has 0 saturated carbocycles. The van der Waals surface area contributed by atoms with E-state index in [9.17, 15) is 14.9 Å². The Balaban J connectivity index is 2.77. The molecule has 0 atom stereocenters. The Morgan fingerprint density at radius 2 is 2.17 bits per heavy atom. The van der Waals surface area contributed by atoms with E-state index in [-0.39, 0.29) is 16.5 Å². The second-order valence-electron chi connectivity index (χ2n) is 4.05. The van der Waals surface area contributed by atoms with Gasteiger partial charge in [-0.25, -0.2) is 4.79 Å². The number of alkyl carbamates (subject to hydrolysis) is 1. The zero-order valence-electron chi connectivity index (χ0n) is 12.7. The van der Waals surface area contributed by atoms with Crippen LogP contribution in [0.5, 0.6) is 0 Å². The van der Waals surface area contributed by atoms with Crippen LogP contribution in [0.25, 0.3) is 0 Å². The van der Waals surface area contributed by atoms with Crippen LogP contribution in [0.4, 0.5) is 16.2 Å². The summed E-state index contributed by atoms with van der Waals surface area (Å²) in [5, 5.41) is 16.0. The molecule has 7 nitrogen and oxygen atoms in total. The lowest BCUT2D eigenvalue weighted by atomic mass is 10.2. The van der Waals surface area contributed by atoms with E-state index in [1.54, 1.807) is 23.9 Å². The van der Waals surface area contributed by atoms with Crippen LogP contribution < -0.4 is 10.6 Å². The third kappa shape index (κ3) is 7.06. The van der Waals surface area contributed by atoms with Crippen LogP contribution in [0.15, 0.2) is 23.1 Å². The molecule has 0 aliphatic rings. The van der Waals surface area contributed by atoms with Gasteiger partial charge >= 0.3 is 6.09 Å². The molecule has 0 aliphatic carbocycles. The predicted molar refractivity (Wildman–Crippen MR) is 98.6 cm³/mol. The van der Waals surface area contributed by atoms with Crippen LogP contribution in [0.3, 0.4) is 0 Å². The molecule has 0 saturated heterocycles. The predicted octanol–water partition coefficient (Wildman–Crippen LogP) is 3.49. The first kappa shape index (κ1) is 19.5. The standard InChI is InChI=1S/C13H17N3O4S3/c1-3-22-6-7-23-9-4-5-10(11(8-9)16(18)19)14-12(21)15-13(17)20-2/h4-5,8H,3,6-7H2,1-2H3,(H2,14,15,17,21). The number of methoxy groups -OCH3 is 1. The van der Waals surface area contributed by atoms with Gasteiger partial charge in [0.15, 0.2) is 5.11 Å². The Kier molecular flexibility index (Phi) is 8.74. The number of rotatable bonds is 7. The molecule has 0 radical (unpaired) electrons. The number of amides is 1. The SMILES string of the molecule is CCSCCSc1ccc(NC(=S)NC(=O)OC)c([N+](=O)[O-])c1. The number of benzene rings is 1. The third-order valence-corrected chi connectivity index (χ3v) is 4.87. The largest absolute Gasteiger partial charge is 0.453 e. The molecule has 0 unspecified atom stereocenters. The maximum atomic E-state index is 11.2. The Bertz CT molecular complexity index is 584. The third-order valence-electron chi connectivity index (χ3n) is 2.52. The van der Waals surface area contributed by atoms with Crippen LogP contribution in [-0.4, -0.2) is 40.5 Å². The van der Waals surface area contributed by atoms with Crippen LogP contribution in [-0.2, 0) is 4.74 Å². The summed E-state index contributed by atoms with van der Waals surface area (Å²) in [4.78, 5) is 22.6. The van der Waals surface area contributed by atoms with E-state index in [0.717, 1.165) is 22.2 Å². The highest BCUT2D eigenvalue weighted by atomic mass is 32.2. The molecule has 0 bridgehead atoms.